The lowest BCUT2D eigenvalue weighted by Gasteiger charge is -2.27. The minimum atomic E-state index is -0.759. The molecule has 1 aliphatic heterocycles. The van der Waals surface area contributed by atoms with Crippen molar-refractivity contribution in [2.24, 2.45) is 11.7 Å². The van der Waals surface area contributed by atoms with E-state index in [1.54, 1.807) is 6.92 Å². The quantitative estimate of drug-likeness (QED) is 0.375. The normalized spacial score (nSPS) is 19.2. The van der Waals surface area contributed by atoms with Crippen molar-refractivity contribution in [2.45, 2.75) is 45.2 Å². The number of halogens is 2. The van der Waals surface area contributed by atoms with E-state index in [0.29, 0.717) is 18.5 Å². The van der Waals surface area contributed by atoms with Crippen LogP contribution in [-0.4, -0.2) is 23.4 Å². The summed E-state index contributed by atoms with van der Waals surface area (Å²) in [6.07, 6.45) is 11.0. The fourth-order valence-corrected chi connectivity index (χ4v) is 3.82. The summed E-state index contributed by atoms with van der Waals surface area (Å²) in [7, 11) is 0. The molecule has 0 radical (unpaired) electrons. The van der Waals surface area contributed by atoms with Gasteiger partial charge < -0.3 is 11.1 Å². The zero-order chi connectivity index (χ0) is 24.7. The van der Waals surface area contributed by atoms with Gasteiger partial charge in [-0.15, -0.1) is 0 Å². The van der Waals surface area contributed by atoms with Crippen molar-refractivity contribution in [1.82, 2.24) is 16.2 Å². The number of nitrogens with two attached hydrogens (primary N) is 1. The molecule has 3 rings (SSSR count). The first kappa shape index (κ1) is 25.0. The molecule has 1 aromatic rings. The maximum absolute atomic E-state index is 13.7. The molecular weight excluding hydrogens is 440 g/mol. The average Bonchev–Trinajstić information content (AvgIpc) is 3.01. The number of Topliss-reactive ketones (excluding diaryl/α,β-unsaturated/α-hetero) is 1. The topological polar surface area (TPSA) is 120 Å². The third-order valence-corrected chi connectivity index (χ3v) is 5.78. The van der Waals surface area contributed by atoms with Gasteiger partial charge in [0.2, 0.25) is 5.91 Å². The zero-order valence-electron chi connectivity index (χ0n) is 19.0. The van der Waals surface area contributed by atoms with Crippen LogP contribution in [0.15, 0.2) is 65.5 Å². The molecule has 0 spiro atoms. The number of allylic oxidation sites excluding steroid dienone is 7. The molecule has 1 fully saturated rings. The molecule has 1 heterocycles. The Kier molecular flexibility index (Phi) is 8.48. The summed E-state index contributed by atoms with van der Waals surface area (Å²) in [6, 6.07) is 2.40. The van der Waals surface area contributed by atoms with Gasteiger partial charge in [0.15, 0.2) is 5.78 Å². The van der Waals surface area contributed by atoms with Crippen molar-refractivity contribution in [3.05, 3.63) is 82.7 Å². The third-order valence-electron chi connectivity index (χ3n) is 5.78. The number of rotatable bonds is 8. The highest BCUT2D eigenvalue weighted by atomic mass is 19.1. The summed E-state index contributed by atoms with van der Waals surface area (Å²) in [5.74, 6) is -2.51. The first-order chi connectivity index (χ1) is 16.2. The van der Waals surface area contributed by atoms with E-state index in [1.165, 1.54) is 6.08 Å². The smallest absolute Gasteiger partial charge is 0.243 e. The monoisotopic (exact) mass is 469 g/mol. The van der Waals surface area contributed by atoms with E-state index in [9.17, 15) is 18.4 Å². The van der Waals surface area contributed by atoms with E-state index < -0.39 is 29.4 Å². The Hall–Kier alpha value is -3.59. The fraction of sp³-hybridized carbons (Fsp3) is 0.320. The largest absolute Gasteiger partial charge is 0.384 e. The molecule has 1 saturated heterocycles. The summed E-state index contributed by atoms with van der Waals surface area (Å²) in [5.41, 5.74) is 14.0. The maximum Gasteiger partial charge on any atom is 0.243 e. The zero-order valence-corrected chi connectivity index (χ0v) is 19.0. The van der Waals surface area contributed by atoms with E-state index in [-0.39, 0.29) is 30.1 Å². The Morgan fingerprint density at radius 1 is 1.35 bits per heavy atom. The number of fused-ring (bicyclic) bond motifs is 1. The molecule has 6 N–H and O–H groups in total. The molecule has 180 valence electrons. The molecule has 1 aromatic carbocycles. The van der Waals surface area contributed by atoms with Gasteiger partial charge in [0.25, 0.3) is 0 Å². The molecule has 7 nitrogen and oxygen atoms in total. The van der Waals surface area contributed by atoms with Crippen molar-refractivity contribution >= 4 is 17.4 Å². The summed E-state index contributed by atoms with van der Waals surface area (Å²) in [4.78, 5) is 25.2. The van der Waals surface area contributed by atoms with Gasteiger partial charge in [0.05, 0.1) is 17.3 Å². The van der Waals surface area contributed by atoms with Gasteiger partial charge in [0, 0.05) is 30.3 Å². The van der Waals surface area contributed by atoms with Gasteiger partial charge in [-0.25, -0.2) is 8.78 Å². The SMILES string of the molecule is C/C(=C/C(=N)C(=O)CC(N)[C@H]1CCC2=CC=CCC=C2NNC1=O)NCc1cc(F)ccc1F. The van der Waals surface area contributed by atoms with Crippen molar-refractivity contribution in [1.29, 1.82) is 5.41 Å². The predicted octanol–water partition coefficient (Wildman–Crippen LogP) is 3.07. The van der Waals surface area contributed by atoms with Crippen LogP contribution < -0.4 is 21.9 Å². The van der Waals surface area contributed by atoms with Gasteiger partial charge >= 0.3 is 0 Å². The molecule has 9 heteroatoms. The third kappa shape index (κ3) is 6.71. The van der Waals surface area contributed by atoms with E-state index in [2.05, 4.69) is 16.2 Å². The van der Waals surface area contributed by atoms with E-state index in [0.717, 1.165) is 35.9 Å². The fourth-order valence-electron chi connectivity index (χ4n) is 3.82. The number of benzene rings is 1. The highest BCUT2D eigenvalue weighted by molar-refractivity contribution is 6.43. The second-order valence-electron chi connectivity index (χ2n) is 8.35. The van der Waals surface area contributed by atoms with Gasteiger partial charge in [-0.3, -0.25) is 25.8 Å². The second-order valence-corrected chi connectivity index (χ2v) is 8.35. The Morgan fingerprint density at radius 2 is 2.15 bits per heavy atom. The number of ketones is 1. The van der Waals surface area contributed by atoms with Crippen molar-refractivity contribution in [3.8, 4) is 0 Å². The van der Waals surface area contributed by atoms with Crippen LogP contribution in [0.5, 0.6) is 0 Å². The molecule has 2 atom stereocenters. The Labute approximate surface area is 197 Å². The second kappa shape index (κ2) is 11.5. The summed E-state index contributed by atoms with van der Waals surface area (Å²) in [5, 5.41) is 10.9. The Bertz CT molecular complexity index is 1090. The lowest BCUT2D eigenvalue weighted by Crippen LogP contribution is -2.49. The first-order valence-corrected chi connectivity index (χ1v) is 11.1. The average molecular weight is 470 g/mol. The van der Waals surface area contributed by atoms with Crippen LogP contribution in [0.25, 0.3) is 0 Å². The molecule has 1 unspecified atom stereocenters. The molecule has 0 bridgehead atoms. The van der Waals surface area contributed by atoms with Gasteiger partial charge in [-0.2, -0.15) is 0 Å². The Morgan fingerprint density at radius 3 is 2.94 bits per heavy atom. The van der Waals surface area contributed by atoms with Crippen molar-refractivity contribution < 1.29 is 18.4 Å². The highest BCUT2D eigenvalue weighted by Gasteiger charge is 2.30. The van der Waals surface area contributed by atoms with E-state index >= 15 is 0 Å². The van der Waals surface area contributed by atoms with Gasteiger partial charge in [-0.1, -0.05) is 24.3 Å². The van der Waals surface area contributed by atoms with Gasteiger partial charge in [0.1, 0.15) is 11.6 Å². The standard InChI is InChI=1S/C25H29F2N5O2/c1-15(30-14-17-12-18(26)8-10-20(17)27)11-22(29)24(33)13-21(28)19-9-7-16-5-3-2-4-6-23(16)31-32-25(19)34/h2-3,5-6,8,10-12,19,21,29-31H,4,7,9,13-14,28H2,1H3,(H,32,34)/b15-11-,29-22?/t19-,21?/m1/s1. The molecule has 34 heavy (non-hydrogen) atoms. The van der Waals surface area contributed by atoms with Crippen LogP contribution in [0.4, 0.5) is 8.78 Å². The number of hydrogen-bond donors (Lipinski definition) is 5. The number of nitrogens with one attached hydrogen (secondary N) is 4. The molecular formula is C25H29F2N5O2. The van der Waals surface area contributed by atoms with Gasteiger partial charge in [-0.05, 0) is 56.0 Å². The molecule has 0 saturated carbocycles. The highest BCUT2D eigenvalue weighted by Crippen LogP contribution is 2.24. The molecule has 2 aliphatic rings. The number of carbonyl (C=O) groups excluding carboxylic acids is 2. The van der Waals surface area contributed by atoms with Crippen LogP contribution in [0, 0.1) is 23.0 Å². The summed E-state index contributed by atoms with van der Waals surface area (Å²) >= 11 is 0. The van der Waals surface area contributed by atoms with Crippen molar-refractivity contribution in [2.75, 3.05) is 0 Å². The van der Waals surface area contributed by atoms with Crippen LogP contribution in [0.1, 0.15) is 38.2 Å². The molecule has 0 aromatic heterocycles. The maximum atomic E-state index is 13.7. The lowest BCUT2D eigenvalue weighted by atomic mass is 9.87. The van der Waals surface area contributed by atoms with E-state index in [1.807, 2.05) is 24.3 Å². The van der Waals surface area contributed by atoms with Crippen LogP contribution in [0.3, 0.4) is 0 Å². The van der Waals surface area contributed by atoms with Crippen LogP contribution in [0.2, 0.25) is 0 Å². The molecule has 1 aliphatic carbocycles. The predicted molar refractivity (Wildman–Crippen MR) is 126 cm³/mol. The van der Waals surface area contributed by atoms with Crippen LogP contribution >= 0.6 is 0 Å². The summed E-state index contributed by atoms with van der Waals surface area (Å²) < 4.78 is 27.0. The van der Waals surface area contributed by atoms with Crippen LogP contribution in [-0.2, 0) is 16.1 Å². The summed E-state index contributed by atoms with van der Waals surface area (Å²) in [6.45, 7) is 1.62. The number of hydrogen-bond acceptors (Lipinski definition) is 6. The van der Waals surface area contributed by atoms with Crippen molar-refractivity contribution in [3.63, 3.8) is 0 Å². The first-order valence-electron chi connectivity index (χ1n) is 11.1. The minimum Gasteiger partial charge on any atom is -0.384 e. The molecule has 1 amide bonds. The van der Waals surface area contributed by atoms with E-state index in [4.69, 9.17) is 11.1 Å². The number of amides is 1. The minimum absolute atomic E-state index is 0.00360. The number of carbonyl (C=O) groups is 2. The lowest BCUT2D eigenvalue weighted by molar-refractivity contribution is -0.127. The number of hydrazine groups is 1. The Balaban J connectivity index is 1.56.